The number of alkyl halides is 1. The minimum atomic E-state index is -1.15. The molecule has 0 unspecified atom stereocenters. The van der Waals surface area contributed by atoms with Crippen molar-refractivity contribution >= 4 is 47.5 Å². The Morgan fingerprint density at radius 1 is 1.25 bits per heavy atom. The highest BCUT2D eigenvalue weighted by Crippen LogP contribution is 2.10. The number of halogens is 2. The Kier molecular flexibility index (Phi) is 3.61. The summed E-state index contributed by atoms with van der Waals surface area (Å²) in [6.07, 6.45) is 0. The van der Waals surface area contributed by atoms with Gasteiger partial charge in [0.1, 0.15) is 0 Å². The van der Waals surface area contributed by atoms with E-state index in [2.05, 4.69) is 47.8 Å². The second kappa shape index (κ2) is 4.11. The molecule has 0 spiro atoms. The van der Waals surface area contributed by atoms with Gasteiger partial charge in [0.15, 0.2) is 0 Å². The van der Waals surface area contributed by atoms with E-state index in [4.69, 9.17) is 11.6 Å². The lowest BCUT2D eigenvalue weighted by Gasteiger charge is -2.19. The van der Waals surface area contributed by atoms with Gasteiger partial charge in [-0.2, -0.15) is 0 Å². The number of benzene rings is 1. The lowest BCUT2D eigenvalue weighted by atomic mass is 10.4. The van der Waals surface area contributed by atoms with Gasteiger partial charge in [0.2, 0.25) is 0 Å². The molecule has 0 aliphatic heterocycles. The molecule has 3 heteroatoms. The predicted octanol–water partition coefficient (Wildman–Crippen LogP) is 3.23. The van der Waals surface area contributed by atoms with Gasteiger partial charge in [0.25, 0.3) is 0 Å². The monoisotopic (exact) mass is 310 g/mol. The van der Waals surface area contributed by atoms with E-state index < -0.39 is 8.07 Å². The third-order valence-electron chi connectivity index (χ3n) is 1.96. The van der Waals surface area contributed by atoms with E-state index in [0.717, 1.165) is 5.02 Å². The molecular weight excluding hydrogens is 299 g/mol. The Bertz CT molecular complexity index is 256. The van der Waals surface area contributed by atoms with Crippen molar-refractivity contribution in [3.8, 4) is 0 Å². The van der Waals surface area contributed by atoms with E-state index in [0.29, 0.717) is 0 Å². The molecule has 0 heterocycles. The largest absolute Gasteiger partial charge is 0.0902 e. The highest BCUT2D eigenvalue weighted by atomic mass is 127. The normalized spacial score (nSPS) is 11.7. The lowest BCUT2D eigenvalue weighted by molar-refractivity contribution is 1.68. The Morgan fingerprint density at radius 3 is 2.17 bits per heavy atom. The zero-order valence-electron chi connectivity index (χ0n) is 7.27. The molecule has 0 amide bonds. The fourth-order valence-electron chi connectivity index (χ4n) is 0.978. The first-order chi connectivity index (χ1) is 5.56. The topological polar surface area (TPSA) is 0 Å². The highest BCUT2D eigenvalue weighted by molar-refractivity contribution is 14.1. The number of hydrogen-bond donors (Lipinski definition) is 0. The molecule has 0 N–H and O–H groups in total. The van der Waals surface area contributed by atoms with E-state index in [1.54, 1.807) is 0 Å². The van der Waals surface area contributed by atoms with Crippen LogP contribution in [0.15, 0.2) is 24.3 Å². The van der Waals surface area contributed by atoms with Crippen LogP contribution in [-0.4, -0.2) is 12.1 Å². The molecule has 0 aromatic heterocycles. The first kappa shape index (κ1) is 10.5. The molecule has 0 radical (unpaired) electrons. The van der Waals surface area contributed by atoms with Gasteiger partial charge < -0.3 is 0 Å². The Labute approximate surface area is 93.5 Å². The molecule has 0 nitrogen and oxygen atoms in total. The Hall–Kier alpha value is 0.457. The van der Waals surface area contributed by atoms with Crippen LogP contribution < -0.4 is 5.19 Å². The zero-order chi connectivity index (χ0) is 9.19. The van der Waals surface area contributed by atoms with Crippen LogP contribution in [0.2, 0.25) is 18.1 Å². The molecule has 0 atom stereocenters. The molecule has 1 aromatic rings. The van der Waals surface area contributed by atoms with Gasteiger partial charge in [-0.25, -0.2) is 0 Å². The molecule has 1 rings (SSSR count). The minimum Gasteiger partial charge on any atom is -0.0894 e. The zero-order valence-corrected chi connectivity index (χ0v) is 11.2. The van der Waals surface area contributed by atoms with Crippen molar-refractivity contribution in [1.82, 2.24) is 0 Å². The molecule has 0 aliphatic rings. The first-order valence-corrected chi connectivity index (χ1v) is 8.99. The van der Waals surface area contributed by atoms with Crippen LogP contribution in [0.1, 0.15) is 0 Å². The van der Waals surface area contributed by atoms with Gasteiger partial charge in [-0.05, 0) is 16.2 Å². The van der Waals surface area contributed by atoms with E-state index in [1.165, 1.54) is 9.24 Å². The quantitative estimate of drug-likeness (QED) is 0.447. The minimum absolute atomic E-state index is 0.831. The second-order valence-corrected chi connectivity index (χ2v) is 10.9. The van der Waals surface area contributed by atoms with Crippen LogP contribution in [0.4, 0.5) is 0 Å². The third kappa shape index (κ3) is 2.47. The highest BCUT2D eigenvalue weighted by Gasteiger charge is 2.20. The van der Waals surface area contributed by atoms with Gasteiger partial charge in [0.05, 0.1) is 8.07 Å². The molecule has 0 bridgehead atoms. The standard InChI is InChI=1S/C9H12ClISi/c1-12(2,7-11)9-5-3-8(10)4-6-9/h3-6H,7H2,1-2H3. The smallest absolute Gasteiger partial charge is 0.0894 e. The Morgan fingerprint density at radius 2 is 1.75 bits per heavy atom. The van der Waals surface area contributed by atoms with Crippen LogP contribution in [0.25, 0.3) is 0 Å². The summed E-state index contributed by atoms with van der Waals surface area (Å²) in [6.45, 7) is 4.76. The van der Waals surface area contributed by atoms with Crippen molar-refractivity contribution in [2.24, 2.45) is 0 Å². The van der Waals surface area contributed by atoms with Crippen molar-refractivity contribution < 1.29 is 0 Å². The summed E-state index contributed by atoms with van der Waals surface area (Å²) >= 11 is 8.29. The van der Waals surface area contributed by atoms with Crippen LogP contribution in [0.5, 0.6) is 0 Å². The SMILES string of the molecule is C[Si](C)(CI)c1ccc(Cl)cc1. The van der Waals surface area contributed by atoms with Crippen LogP contribution in [0, 0.1) is 0 Å². The molecular formula is C9H12ClISi. The van der Waals surface area contributed by atoms with Crippen molar-refractivity contribution in [2.75, 3.05) is 4.05 Å². The predicted molar refractivity (Wildman–Crippen MR) is 67.5 cm³/mol. The molecule has 0 fully saturated rings. The lowest BCUT2D eigenvalue weighted by Crippen LogP contribution is -2.43. The van der Waals surface area contributed by atoms with Gasteiger partial charge in [-0.1, -0.05) is 64.6 Å². The van der Waals surface area contributed by atoms with E-state index in [9.17, 15) is 0 Å². The summed E-state index contributed by atoms with van der Waals surface area (Å²) in [6, 6.07) is 8.29. The summed E-state index contributed by atoms with van der Waals surface area (Å²) in [5.74, 6) is 0. The molecule has 0 aliphatic carbocycles. The van der Waals surface area contributed by atoms with E-state index >= 15 is 0 Å². The maximum Gasteiger partial charge on any atom is 0.0902 e. The molecule has 66 valence electrons. The van der Waals surface area contributed by atoms with Crippen LogP contribution in [-0.2, 0) is 0 Å². The van der Waals surface area contributed by atoms with E-state index in [-0.39, 0.29) is 0 Å². The molecule has 12 heavy (non-hydrogen) atoms. The second-order valence-electron chi connectivity index (χ2n) is 3.52. The van der Waals surface area contributed by atoms with Crippen molar-refractivity contribution in [3.63, 3.8) is 0 Å². The fraction of sp³-hybridized carbons (Fsp3) is 0.333. The van der Waals surface area contributed by atoms with Gasteiger partial charge in [0, 0.05) is 5.02 Å². The van der Waals surface area contributed by atoms with Gasteiger partial charge >= 0.3 is 0 Å². The summed E-state index contributed by atoms with van der Waals surface area (Å²) < 4.78 is 1.26. The van der Waals surface area contributed by atoms with Gasteiger partial charge in [-0.15, -0.1) is 0 Å². The summed E-state index contributed by atoms with van der Waals surface area (Å²) in [5, 5.41) is 2.32. The third-order valence-corrected chi connectivity index (χ3v) is 10.5. The summed E-state index contributed by atoms with van der Waals surface area (Å²) in [5.41, 5.74) is 0. The average Bonchev–Trinajstić information content (AvgIpc) is 2.05. The average molecular weight is 311 g/mol. The fourth-order valence-corrected chi connectivity index (χ4v) is 3.65. The van der Waals surface area contributed by atoms with Crippen LogP contribution >= 0.6 is 34.2 Å². The Balaban J connectivity index is 2.96. The molecule has 1 aromatic carbocycles. The summed E-state index contributed by atoms with van der Waals surface area (Å²) in [4.78, 5) is 0. The van der Waals surface area contributed by atoms with E-state index in [1.807, 2.05) is 12.1 Å². The van der Waals surface area contributed by atoms with Crippen molar-refractivity contribution in [2.45, 2.75) is 13.1 Å². The first-order valence-electron chi connectivity index (χ1n) is 3.88. The molecule has 0 saturated heterocycles. The van der Waals surface area contributed by atoms with Gasteiger partial charge in [-0.3, -0.25) is 0 Å². The maximum atomic E-state index is 5.82. The maximum absolute atomic E-state index is 5.82. The van der Waals surface area contributed by atoms with Crippen molar-refractivity contribution in [1.29, 1.82) is 0 Å². The summed E-state index contributed by atoms with van der Waals surface area (Å²) in [7, 11) is -1.15. The number of rotatable bonds is 2. The number of hydrogen-bond acceptors (Lipinski definition) is 0. The molecule has 0 saturated carbocycles. The van der Waals surface area contributed by atoms with Crippen molar-refractivity contribution in [3.05, 3.63) is 29.3 Å². The van der Waals surface area contributed by atoms with Crippen LogP contribution in [0.3, 0.4) is 0 Å².